The van der Waals surface area contributed by atoms with Gasteiger partial charge in [0.05, 0.1) is 10.4 Å². The molecule has 0 saturated carbocycles. The van der Waals surface area contributed by atoms with Crippen molar-refractivity contribution in [1.29, 1.82) is 0 Å². The second-order valence-corrected chi connectivity index (χ2v) is 10.0. The Morgan fingerprint density at radius 1 is 1.25 bits per heavy atom. The Morgan fingerprint density at radius 3 is 2.88 bits per heavy atom. The van der Waals surface area contributed by atoms with Crippen LogP contribution in [0.3, 0.4) is 0 Å². The van der Waals surface area contributed by atoms with Crippen molar-refractivity contribution in [1.82, 2.24) is 9.55 Å². The fourth-order valence-electron chi connectivity index (χ4n) is 3.35. The van der Waals surface area contributed by atoms with Crippen LogP contribution in [0.2, 0.25) is 0 Å². The summed E-state index contributed by atoms with van der Waals surface area (Å²) in [7, 11) is 0. The van der Waals surface area contributed by atoms with Crippen LogP contribution in [-0.2, 0) is 13.0 Å². The third-order valence-corrected chi connectivity index (χ3v) is 8.42. The van der Waals surface area contributed by atoms with Crippen molar-refractivity contribution in [2.75, 3.05) is 5.75 Å². The van der Waals surface area contributed by atoms with Crippen LogP contribution in [-0.4, -0.2) is 24.6 Å². The summed E-state index contributed by atoms with van der Waals surface area (Å²) < 4.78 is 2.60. The first-order valence-electron chi connectivity index (χ1n) is 9.11. The summed E-state index contributed by atoms with van der Waals surface area (Å²) in [5.41, 5.74) is 1.46. The van der Waals surface area contributed by atoms with Gasteiger partial charge in [-0.2, -0.15) is 0 Å². The van der Waals surface area contributed by atoms with Gasteiger partial charge in [-0.3, -0.25) is 0 Å². The molecule has 0 bridgehead atoms. The quantitative estimate of drug-likeness (QED) is 0.576. The zero-order valence-corrected chi connectivity index (χ0v) is 16.2. The van der Waals surface area contributed by atoms with Crippen molar-refractivity contribution in [2.24, 2.45) is 0 Å². The molecule has 1 saturated heterocycles. The molecule has 130 valence electrons. The molecular formula is C20H28N2S2. The largest absolute Gasteiger partial charge is 0.335 e. The van der Waals surface area contributed by atoms with E-state index >= 15 is 0 Å². The molecule has 1 aliphatic heterocycles. The molecular weight excluding hydrogens is 332 g/mol. The molecule has 0 radical (unpaired) electrons. The Bertz CT molecular complexity index is 585. The number of rotatable bonds is 9. The number of hydrogen-bond acceptors (Lipinski definition) is 3. The minimum absolute atomic E-state index is 0.327. The maximum atomic E-state index is 4.24. The predicted molar refractivity (Wildman–Crippen MR) is 108 cm³/mol. The van der Waals surface area contributed by atoms with Gasteiger partial charge < -0.3 is 4.57 Å². The summed E-state index contributed by atoms with van der Waals surface area (Å²) in [6, 6.07) is 10.9. The molecule has 24 heavy (non-hydrogen) atoms. The van der Waals surface area contributed by atoms with E-state index in [2.05, 4.69) is 76.5 Å². The molecule has 3 rings (SSSR count). The summed E-state index contributed by atoms with van der Waals surface area (Å²) in [5, 5.41) is 0.829. The fourth-order valence-corrected chi connectivity index (χ4v) is 7.27. The Kier molecular flexibility index (Phi) is 6.73. The number of aromatic nitrogens is 2. The number of thioether (sulfide) groups is 2. The van der Waals surface area contributed by atoms with Gasteiger partial charge >= 0.3 is 0 Å². The molecule has 1 aromatic carbocycles. The highest BCUT2D eigenvalue weighted by Gasteiger charge is 2.40. The number of unbranched alkanes of at least 4 members (excludes halogenated alkanes) is 1. The van der Waals surface area contributed by atoms with Gasteiger partial charge in [0, 0.05) is 29.9 Å². The van der Waals surface area contributed by atoms with Crippen molar-refractivity contribution in [3.05, 3.63) is 54.6 Å². The van der Waals surface area contributed by atoms with Crippen LogP contribution in [0, 0.1) is 0 Å². The smallest absolute Gasteiger partial charge is 0.0946 e. The minimum atomic E-state index is 0.327. The predicted octanol–water partition coefficient (Wildman–Crippen LogP) is 5.64. The van der Waals surface area contributed by atoms with E-state index in [4.69, 9.17) is 0 Å². The maximum Gasteiger partial charge on any atom is 0.0946 e. The Hall–Kier alpha value is -0.870. The lowest BCUT2D eigenvalue weighted by Gasteiger charge is -2.28. The van der Waals surface area contributed by atoms with Crippen LogP contribution in [0.4, 0.5) is 0 Å². The zero-order valence-electron chi connectivity index (χ0n) is 14.6. The van der Waals surface area contributed by atoms with Gasteiger partial charge in [-0.15, -0.1) is 23.5 Å². The van der Waals surface area contributed by atoms with Gasteiger partial charge in [-0.25, -0.2) is 4.98 Å². The third-order valence-electron chi connectivity index (χ3n) is 4.64. The second kappa shape index (κ2) is 9.00. The van der Waals surface area contributed by atoms with Crippen LogP contribution in [0.5, 0.6) is 0 Å². The van der Waals surface area contributed by atoms with Gasteiger partial charge in [0.15, 0.2) is 0 Å². The molecule has 1 aromatic heterocycles. The summed E-state index contributed by atoms with van der Waals surface area (Å²) in [6.07, 6.45) is 13.8. The normalized spacial score (nSPS) is 23.6. The minimum Gasteiger partial charge on any atom is -0.335 e. The van der Waals surface area contributed by atoms with E-state index in [0.717, 1.165) is 11.8 Å². The summed E-state index contributed by atoms with van der Waals surface area (Å²) in [6.45, 7) is 3.38. The molecule has 4 heteroatoms. The summed E-state index contributed by atoms with van der Waals surface area (Å²) in [5.74, 6) is 1.31. The van der Waals surface area contributed by atoms with E-state index in [1.807, 2.05) is 12.5 Å². The molecule has 0 amide bonds. The first-order valence-corrected chi connectivity index (χ1v) is 11.0. The number of imidazole rings is 1. The van der Waals surface area contributed by atoms with Crippen LogP contribution < -0.4 is 0 Å². The van der Waals surface area contributed by atoms with Crippen LogP contribution in [0.15, 0.2) is 49.1 Å². The lowest BCUT2D eigenvalue weighted by Crippen LogP contribution is -2.25. The fraction of sp³-hybridized carbons (Fsp3) is 0.550. The van der Waals surface area contributed by atoms with Gasteiger partial charge in [0.2, 0.25) is 0 Å². The van der Waals surface area contributed by atoms with Crippen LogP contribution in [0.1, 0.15) is 44.6 Å². The van der Waals surface area contributed by atoms with Gasteiger partial charge in [0.25, 0.3) is 0 Å². The van der Waals surface area contributed by atoms with Gasteiger partial charge in [-0.1, -0.05) is 50.1 Å². The Labute approximate surface area is 154 Å². The van der Waals surface area contributed by atoms with Crippen molar-refractivity contribution in [3.8, 4) is 0 Å². The maximum absolute atomic E-state index is 4.24. The van der Waals surface area contributed by atoms with E-state index < -0.39 is 0 Å². The highest BCUT2D eigenvalue weighted by atomic mass is 32.2. The Balaban J connectivity index is 1.59. The number of benzene rings is 1. The van der Waals surface area contributed by atoms with E-state index in [1.165, 1.54) is 49.8 Å². The standard InChI is InChI=1S/C20H28N2S2/c1-2-3-11-19-15-23-20(24-19,16-22-14-13-21-17-22)12-7-10-18-8-5-4-6-9-18/h4-6,8-9,13-14,17,19H,2-3,7,10-12,15-16H2,1H3. The third kappa shape index (κ3) is 5.06. The molecule has 2 nitrogen and oxygen atoms in total. The molecule has 2 atom stereocenters. The molecule has 0 spiro atoms. The first kappa shape index (κ1) is 17.9. The monoisotopic (exact) mass is 360 g/mol. The molecule has 0 aliphatic carbocycles. The summed E-state index contributed by atoms with van der Waals surface area (Å²) in [4.78, 5) is 4.24. The van der Waals surface area contributed by atoms with E-state index in [-0.39, 0.29) is 0 Å². The van der Waals surface area contributed by atoms with E-state index in [1.54, 1.807) is 0 Å². The van der Waals surface area contributed by atoms with Crippen LogP contribution >= 0.6 is 23.5 Å². The van der Waals surface area contributed by atoms with E-state index in [0.29, 0.717) is 4.08 Å². The average Bonchev–Trinajstić information content (AvgIpc) is 3.25. The van der Waals surface area contributed by atoms with Gasteiger partial charge in [-0.05, 0) is 31.2 Å². The highest BCUT2D eigenvalue weighted by Crippen LogP contribution is 2.53. The van der Waals surface area contributed by atoms with Gasteiger partial charge in [0.1, 0.15) is 0 Å². The topological polar surface area (TPSA) is 17.8 Å². The molecule has 2 aromatic rings. The van der Waals surface area contributed by atoms with Crippen molar-refractivity contribution >= 4 is 23.5 Å². The molecule has 1 fully saturated rings. The molecule has 0 N–H and O–H groups in total. The zero-order chi connectivity index (χ0) is 16.7. The molecule has 2 heterocycles. The van der Waals surface area contributed by atoms with Crippen molar-refractivity contribution in [2.45, 2.75) is 61.3 Å². The number of aryl methyl sites for hydroxylation is 1. The van der Waals surface area contributed by atoms with Crippen molar-refractivity contribution < 1.29 is 0 Å². The lowest BCUT2D eigenvalue weighted by molar-refractivity contribution is 0.571. The number of nitrogens with zero attached hydrogens (tertiary/aromatic N) is 2. The molecule has 2 unspecified atom stereocenters. The lowest BCUT2D eigenvalue weighted by atomic mass is 10.1. The first-order chi connectivity index (χ1) is 11.8. The highest BCUT2D eigenvalue weighted by molar-refractivity contribution is 8.21. The SMILES string of the molecule is CCCCC1CSC(CCCc2ccccc2)(Cn2ccnc2)S1. The Morgan fingerprint density at radius 2 is 2.12 bits per heavy atom. The number of hydrogen-bond donors (Lipinski definition) is 0. The van der Waals surface area contributed by atoms with E-state index in [9.17, 15) is 0 Å². The van der Waals surface area contributed by atoms with Crippen LogP contribution in [0.25, 0.3) is 0 Å². The second-order valence-electron chi connectivity index (χ2n) is 6.68. The molecule has 1 aliphatic rings. The van der Waals surface area contributed by atoms with Crippen molar-refractivity contribution in [3.63, 3.8) is 0 Å². The average molecular weight is 361 g/mol. The summed E-state index contributed by atoms with van der Waals surface area (Å²) >= 11 is 4.44.